The Bertz CT molecular complexity index is 64.8. The van der Waals surface area contributed by atoms with Gasteiger partial charge in [0.2, 0.25) is 0 Å². The summed E-state index contributed by atoms with van der Waals surface area (Å²) >= 11 is 0. The summed E-state index contributed by atoms with van der Waals surface area (Å²) in [5.74, 6) is 0. The van der Waals surface area contributed by atoms with Crippen LogP contribution in [0.1, 0.15) is 13.8 Å². The summed E-state index contributed by atoms with van der Waals surface area (Å²) < 4.78 is 13.7. The van der Waals surface area contributed by atoms with Crippen LogP contribution in [0.25, 0.3) is 0 Å². The minimum Gasteiger partial charge on any atom is -0.394 e. The summed E-state index contributed by atoms with van der Waals surface area (Å²) in [4.78, 5) is 0. The normalized spacial score (nSPS) is 8.40. The summed E-state index contributed by atoms with van der Waals surface area (Å²) in [7, 11) is 3.25. The van der Waals surface area contributed by atoms with E-state index in [1.807, 2.05) is 13.8 Å². The molecular weight excluding hydrogens is 200 g/mol. The zero-order valence-electron chi connectivity index (χ0n) is 10.4. The van der Waals surface area contributed by atoms with Crippen molar-refractivity contribution in [2.75, 3.05) is 53.9 Å². The summed E-state index contributed by atoms with van der Waals surface area (Å²) in [5.41, 5.74) is 0. The van der Waals surface area contributed by atoms with Gasteiger partial charge in [0, 0.05) is 27.4 Å². The summed E-state index contributed by atoms with van der Waals surface area (Å²) in [6, 6.07) is 0. The second kappa shape index (κ2) is 29.2. The van der Waals surface area contributed by atoms with Crippen molar-refractivity contribution >= 4 is 0 Å². The average molecular weight is 226 g/mol. The zero-order valence-corrected chi connectivity index (χ0v) is 10.4. The van der Waals surface area contributed by atoms with Crippen molar-refractivity contribution in [1.82, 2.24) is 0 Å². The van der Waals surface area contributed by atoms with E-state index in [4.69, 9.17) is 14.9 Å². The predicted octanol–water partition coefficient (Wildman–Crippen LogP) is 0.293. The van der Waals surface area contributed by atoms with Gasteiger partial charge < -0.3 is 24.4 Å². The van der Waals surface area contributed by atoms with Crippen molar-refractivity contribution in [2.24, 2.45) is 0 Å². The first-order valence-electron chi connectivity index (χ1n) is 5.02. The maximum Gasteiger partial charge on any atom is 0.0698 e. The van der Waals surface area contributed by atoms with E-state index in [1.165, 1.54) is 0 Å². The Morgan fingerprint density at radius 2 is 1.13 bits per heavy atom. The standard InChI is InChI=1S/C4H10O3.C4H10O.C2H6O/c5-1-3-7-4-2-6;1-3-5-4-2;1-3-2/h5-6H,1-4H2;3-4H2,1-2H3;1-2H3. The molecule has 5 heteroatoms. The second-order valence-electron chi connectivity index (χ2n) is 2.25. The largest absolute Gasteiger partial charge is 0.394 e. The van der Waals surface area contributed by atoms with Crippen LogP contribution in [0.4, 0.5) is 0 Å². The lowest BCUT2D eigenvalue weighted by Gasteiger charge is -1.94. The van der Waals surface area contributed by atoms with Crippen LogP contribution in [-0.2, 0) is 14.2 Å². The van der Waals surface area contributed by atoms with Crippen molar-refractivity contribution in [3.05, 3.63) is 0 Å². The van der Waals surface area contributed by atoms with E-state index in [-0.39, 0.29) is 13.2 Å². The first-order chi connectivity index (χ1) is 7.24. The van der Waals surface area contributed by atoms with Crippen LogP contribution in [0, 0.1) is 0 Å². The number of aliphatic hydroxyl groups is 2. The zero-order chi connectivity index (χ0) is 12.4. The van der Waals surface area contributed by atoms with Crippen molar-refractivity contribution in [2.45, 2.75) is 13.8 Å². The highest BCUT2D eigenvalue weighted by Crippen LogP contribution is 1.68. The van der Waals surface area contributed by atoms with Crippen LogP contribution in [-0.4, -0.2) is 64.1 Å². The average Bonchev–Trinajstić information content (AvgIpc) is 2.22. The Labute approximate surface area is 93.0 Å². The molecule has 0 radical (unpaired) electrons. The molecule has 0 bridgehead atoms. The lowest BCUT2D eigenvalue weighted by Crippen LogP contribution is -2.03. The van der Waals surface area contributed by atoms with Crippen molar-refractivity contribution in [1.29, 1.82) is 0 Å². The van der Waals surface area contributed by atoms with E-state index in [0.717, 1.165) is 13.2 Å². The molecule has 0 atom stereocenters. The number of hydrogen-bond donors (Lipinski definition) is 2. The molecule has 96 valence electrons. The van der Waals surface area contributed by atoms with Gasteiger partial charge in [-0.1, -0.05) is 0 Å². The number of ether oxygens (including phenoxy) is 3. The fourth-order valence-corrected chi connectivity index (χ4v) is 0.435. The first kappa shape index (κ1) is 20.2. The van der Waals surface area contributed by atoms with E-state index >= 15 is 0 Å². The summed E-state index contributed by atoms with van der Waals surface area (Å²) in [5, 5.41) is 16.2. The van der Waals surface area contributed by atoms with Gasteiger partial charge in [-0.05, 0) is 13.8 Å². The predicted molar refractivity (Wildman–Crippen MR) is 60.1 cm³/mol. The van der Waals surface area contributed by atoms with E-state index in [1.54, 1.807) is 14.2 Å². The quantitative estimate of drug-likeness (QED) is 0.637. The molecule has 0 heterocycles. The Kier molecular flexibility index (Phi) is 39.4. The Hall–Kier alpha value is -0.200. The Balaban J connectivity index is -0.000000158. The summed E-state index contributed by atoms with van der Waals surface area (Å²) in [6.45, 7) is 6.36. The Morgan fingerprint density at radius 1 is 0.800 bits per heavy atom. The number of hydrogen-bond acceptors (Lipinski definition) is 5. The third-order valence-electron chi connectivity index (χ3n) is 0.879. The molecule has 0 aromatic rings. The molecule has 2 N–H and O–H groups in total. The number of rotatable bonds is 6. The monoisotopic (exact) mass is 226 g/mol. The van der Waals surface area contributed by atoms with E-state index in [0.29, 0.717) is 13.2 Å². The smallest absolute Gasteiger partial charge is 0.0698 e. The highest BCUT2D eigenvalue weighted by molar-refractivity contribution is 4.24. The van der Waals surface area contributed by atoms with Gasteiger partial charge in [-0.25, -0.2) is 0 Å². The van der Waals surface area contributed by atoms with Gasteiger partial charge in [-0.15, -0.1) is 0 Å². The van der Waals surface area contributed by atoms with Gasteiger partial charge >= 0.3 is 0 Å². The van der Waals surface area contributed by atoms with Crippen LogP contribution in [0.15, 0.2) is 0 Å². The van der Waals surface area contributed by atoms with E-state index in [2.05, 4.69) is 9.47 Å². The SMILES string of the molecule is CCOCC.COC.OCCOCCO. The minimum atomic E-state index is 0.0278. The molecule has 0 amide bonds. The van der Waals surface area contributed by atoms with Crippen LogP contribution in [0.2, 0.25) is 0 Å². The topological polar surface area (TPSA) is 68.2 Å². The van der Waals surface area contributed by atoms with Gasteiger partial charge in [0.05, 0.1) is 26.4 Å². The molecular formula is C10H26O5. The molecule has 0 aliphatic heterocycles. The van der Waals surface area contributed by atoms with Crippen LogP contribution >= 0.6 is 0 Å². The van der Waals surface area contributed by atoms with Gasteiger partial charge in [0.1, 0.15) is 0 Å². The van der Waals surface area contributed by atoms with Crippen molar-refractivity contribution < 1.29 is 24.4 Å². The molecule has 0 aromatic carbocycles. The van der Waals surface area contributed by atoms with E-state index in [9.17, 15) is 0 Å². The lowest BCUT2D eigenvalue weighted by atomic mass is 10.7. The second-order valence-corrected chi connectivity index (χ2v) is 2.25. The van der Waals surface area contributed by atoms with Crippen molar-refractivity contribution in [3.63, 3.8) is 0 Å². The molecule has 15 heavy (non-hydrogen) atoms. The molecule has 5 nitrogen and oxygen atoms in total. The molecule has 0 aromatic heterocycles. The van der Waals surface area contributed by atoms with Crippen LogP contribution < -0.4 is 0 Å². The maximum atomic E-state index is 8.09. The lowest BCUT2D eigenvalue weighted by molar-refractivity contribution is 0.0650. The molecule has 0 saturated carbocycles. The van der Waals surface area contributed by atoms with E-state index < -0.39 is 0 Å². The highest BCUT2D eigenvalue weighted by atomic mass is 16.5. The molecule has 0 fully saturated rings. The van der Waals surface area contributed by atoms with Gasteiger partial charge in [0.15, 0.2) is 0 Å². The molecule has 0 aliphatic carbocycles. The Morgan fingerprint density at radius 3 is 1.27 bits per heavy atom. The fraction of sp³-hybridized carbons (Fsp3) is 1.00. The van der Waals surface area contributed by atoms with Crippen molar-refractivity contribution in [3.8, 4) is 0 Å². The van der Waals surface area contributed by atoms with Gasteiger partial charge in [-0.2, -0.15) is 0 Å². The maximum absolute atomic E-state index is 8.09. The van der Waals surface area contributed by atoms with Crippen LogP contribution in [0.5, 0.6) is 0 Å². The molecule has 0 saturated heterocycles. The van der Waals surface area contributed by atoms with Crippen LogP contribution in [0.3, 0.4) is 0 Å². The molecule has 0 spiro atoms. The summed E-state index contributed by atoms with van der Waals surface area (Å²) in [6.07, 6.45) is 0. The first-order valence-corrected chi connectivity index (χ1v) is 5.02. The van der Waals surface area contributed by atoms with Gasteiger partial charge in [-0.3, -0.25) is 0 Å². The molecule has 0 aliphatic rings. The third-order valence-corrected chi connectivity index (χ3v) is 0.879. The molecule has 0 unspecified atom stereocenters. The highest BCUT2D eigenvalue weighted by Gasteiger charge is 1.79. The van der Waals surface area contributed by atoms with Gasteiger partial charge in [0.25, 0.3) is 0 Å². The molecule has 0 rings (SSSR count). The fourth-order valence-electron chi connectivity index (χ4n) is 0.435. The number of aliphatic hydroxyl groups excluding tert-OH is 2. The third kappa shape index (κ3) is 57.1. The minimum absolute atomic E-state index is 0.0278. The number of methoxy groups -OCH3 is 1.